The second-order valence-electron chi connectivity index (χ2n) is 20.9. The molecule has 0 spiro atoms. The third-order valence-corrected chi connectivity index (χ3v) is 15.9. The summed E-state index contributed by atoms with van der Waals surface area (Å²) in [4.78, 5) is 58.1. The Bertz CT molecular complexity index is 1630. The molecule has 5 heterocycles. The second-order valence-corrected chi connectivity index (χ2v) is 20.9. The first kappa shape index (κ1) is 53.8. The van der Waals surface area contributed by atoms with Crippen LogP contribution in [0.15, 0.2) is 0 Å². The molecule has 4 N–H and O–H groups in total. The number of methoxy groups -OCH3 is 2. The van der Waals surface area contributed by atoms with E-state index < -0.39 is 108 Å². The predicted octanol–water partition coefficient (Wildman–Crippen LogP) is 3.31. The molecule has 0 unspecified atom stereocenters. The summed E-state index contributed by atoms with van der Waals surface area (Å²) in [5.41, 5.74) is -4.40. The number of ketones is 2. The van der Waals surface area contributed by atoms with Gasteiger partial charge in [0.25, 0.3) is 0 Å². The van der Waals surface area contributed by atoms with E-state index in [1.807, 2.05) is 30.7 Å². The van der Waals surface area contributed by atoms with Crippen LogP contribution in [0.1, 0.15) is 133 Å². The largest absolute Gasteiger partial charge is 0.459 e. The zero-order valence-electron chi connectivity index (χ0n) is 41.3. The smallest absolute Gasteiger partial charge is 0.311 e. The van der Waals surface area contributed by atoms with Crippen molar-refractivity contribution in [2.24, 2.45) is 23.7 Å². The van der Waals surface area contributed by atoms with Crippen LogP contribution in [0.2, 0.25) is 0 Å². The lowest BCUT2D eigenvalue weighted by Gasteiger charge is -2.50. The number of amides is 1. The maximum atomic E-state index is 14.4. The van der Waals surface area contributed by atoms with Gasteiger partial charge in [0.05, 0.1) is 47.6 Å². The molecular weight excluding hydrogens is 845 g/mol. The molecule has 17 nitrogen and oxygen atoms in total. The van der Waals surface area contributed by atoms with E-state index in [1.54, 1.807) is 48.5 Å². The Morgan fingerprint density at radius 1 is 0.862 bits per heavy atom. The topological polar surface area (TPSA) is 220 Å². The summed E-state index contributed by atoms with van der Waals surface area (Å²) in [6.45, 7) is 17.5. The minimum Gasteiger partial charge on any atom is -0.459 e. The molecule has 5 fully saturated rings. The lowest BCUT2D eigenvalue weighted by Crippen LogP contribution is -2.61. The Morgan fingerprint density at radius 2 is 1.48 bits per heavy atom. The molecule has 0 aliphatic carbocycles. The van der Waals surface area contributed by atoms with Gasteiger partial charge in [-0.3, -0.25) is 19.2 Å². The number of fused-ring (bicyclic) bond motifs is 2. The number of carbonyl (C=O) groups excluding carboxylic acids is 4. The molecule has 0 aromatic heterocycles. The third kappa shape index (κ3) is 11.5. The van der Waals surface area contributed by atoms with Crippen LogP contribution >= 0.6 is 0 Å². The standard InChI is InChI=1S/C48H82N2O15/c1-14-35-48(10,58)41(55)27(4)38(53)25(2)23-47(9,60-13)43(28(5)40(29(6)44(57)63-35)64-37-24-46(8,59-12)42(56)30(7)62-37)65-45-39(54)34(20-26(3)61-45)49(11)19-15-16-36(52)50-31-17-18-32(50)22-33(51)21-31/h25-32,34-35,37,39-43,45,54-56,58H,14-24H2,1-13H3/t25-,26-,27+,28+,29-,30+,31-,32+,34+,35-,37+,39-,40+,41-,42+,43-,45+,46-,47-,48-/m1/s1. The van der Waals surface area contributed by atoms with Gasteiger partial charge in [-0.15, -0.1) is 0 Å². The average molecular weight is 927 g/mol. The first-order chi connectivity index (χ1) is 30.3. The van der Waals surface area contributed by atoms with Gasteiger partial charge in [-0.2, -0.15) is 0 Å². The normalized spacial score (nSPS) is 46.0. The number of hydrogen-bond donors (Lipinski definition) is 4. The van der Waals surface area contributed by atoms with Crippen molar-refractivity contribution in [3.8, 4) is 0 Å². The summed E-state index contributed by atoms with van der Waals surface area (Å²) in [6.07, 6.45) is -6.19. The molecule has 0 saturated carbocycles. The fourth-order valence-electron chi connectivity index (χ4n) is 11.7. The number of cyclic esters (lactones) is 1. The van der Waals surface area contributed by atoms with Gasteiger partial charge in [0.2, 0.25) is 5.91 Å². The minimum atomic E-state index is -2.00. The SMILES string of the molecule is CC[C@H]1OC(=O)[C@H](C)[C@@H](O[C@H]2C[C@@](C)(OC)[C@@H](O)[C@H](C)O2)[C@H](C)[C@@H](O[C@@H]2O[C@H](C)C[C@H](N(C)CCCC(=O)N3[C@@H]4CC[C@H]3CC(=O)C4)[C@H]2O)[C@](C)(OC)C[C@@H](C)C(=O)[C@H](C)[C@@H](O)[C@]1(C)O. The van der Waals surface area contributed by atoms with E-state index in [9.17, 15) is 39.6 Å². The van der Waals surface area contributed by atoms with E-state index in [4.69, 9.17) is 33.2 Å². The van der Waals surface area contributed by atoms with E-state index in [2.05, 4.69) is 0 Å². The first-order valence-corrected chi connectivity index (χ1v) is 24.1. The molecule has 5 rings (SSSR count). The van der Waals surface area contributed by atoms with E-state index in [-0.39, 0.29) is 54.9 Å². The number of aliphatic hydroxyl groups is 4. The number of rotatable bonds is 12. The van der Waals surface area contributed by atoms with Gasteiger partial charge in [-0.25, -0.2) is 0 Å². The number of likely N-dealkylation sites (N-methyl/N-ethyl adjacent to an activating group) is 1. The Morgan fingerprint density at radius 3 is 2.06 bits per heavy atom. The zero-order chi connectivity index (χ0) is 48.5. The van der Waals surface area contributed by atoms with Gasteiger partial charge in [0, 0.05) is 75.8 Å². The van der Waals surface area contributed by atoms with Crippen LogP contribution in [0, 0.1) is 23.7 Å². The lowest BCUT2D eigenvalue weighted by molar-refractivity contribution is -0.319. The van der Waals surface area contributed by atoms with Crippen LogP contribution in [0.5, 0.6) is 0 Å². The summed E-state index contributed by atoms with van der Waals surface area (Å²) in [5, 5.41) is 46.6. The van der Waals surface area contributed by atoms with Gasteiger partial charge < -0.3 is 63.4 Å². The van der Waals surface area contributed by atoms with Crippen molar-refractivity contribution < 1.29 is 72.8 Å². The quantitative estimate of drug-likeness (QED) is 0.206. The van der Waals surface area contributed by atoms with Crippen molar-refractivity contribution in [3.63, 3.8) is 0 Å². The van der Waals surface area contributed by atoms with Crippen molar-refractivity contribution in [2.75, 3.05) is 27.8 Å². The van der Waals surface area contributed by atoms with Crippen LogP contribution in [-0.2, 0) is 52.3 Å². The van der Waals surface area contributed by atoms with Crippen molar-refractivity contribution >= 4 is 23.4 Å². The monoisotopic (exact) mass is 927 g/mol. The van der Waals surface area contributed by atoms with Crippen molar-refractivity contribution in [2.45, 2.75) is 230 Å². The van der Waals surface area contributed by atoms with Crippen molar-refractivity contribution in [3.05, 3.63) is 0 Å². The Kier molecular flexibility index (Phi) is 17.9. The number of piperidine rings is 1. The predicted molar refractivity (Wildman–Crippen MR) is 237 cm³/mol. The van der Waals surface area contributed by atoms with Crippen molar-refractivity contribution in [1.29, 1.82) is 0 Å². The molecule has 2 bridgehead atoms. The van der Waals surface area contributed by atoms with E-state index >= 15 is 0 Å². The molecule has 65 heavy (non-hydrogen) atoms. The number of ether oxygens (including phenoxy) is 7. The number of Topliss-reactive ketones (excluding diaryl/α,β-unsaturated/α-hetero) is 2. The Hall–Kier alpha value is -2.16. The van der Waals surface area contributed by atoms with E-state index in [1.165, 1.54) is 21.1 Å². The van der Waals surface area contributed by atoms with Gasteiger partial charge in [-0.1, -0.05) is 27.7 Å². The van der Waals surface area contributed by atoms with Crippen LogP contribution in [0.4, 0.5) is 0 Å². The van der Waals surface area contributed by atoms with Gasteiger partial charge in [0.1, 0.15) is 35.5 Å². The first-order valence-electron chi connectivity index (χ1n) is 24.1. The molecule has 0 radical (unpaired) electrons. The second kappa shape index (κ2) is 21.6. The van der Waals surface area contributed by atoms with Crippen LogP contribution < -0.4 is 0 Å². The summed E-state index contributed by atoms with van der Waals surface area (Å²) < 4.78 is 44.6. The highest BCUT2D eigenvalue weighted by Crippen LogP contribution is 2.42. The molecular formula is C48H82N2O15. The molecule has 1 amide bonds. The molecule has 5 saturated heterocycles. The summed E-state index contributed by atoms with van der Waals surface area (Å²) in [6, 6.07) is -0.462. The fourth-order valence-corrected chi connectivity index (χ4v) is 11.7. The number of esters is 1. The Labute approximate surface area is 386 Å². The fraction of sp³-hybridized carbons (Fsp3) is 0.917. The lowest BCUT2D eigenvalue weighted by atomic mass is 9.74. The summed E-state index contributed by atoms with van der Waals surface area (Å²) >= 11 is 0. The molecule has 0 aromatic carbocycles. The average Bonchev–Trinajstić information content (AvgIpc) is 3.54. The molecule has 20 atom stereocenters. The Balaban J connectivity index is 1.47. The summed E-state index contributed by atoms with van der Waals surface area (Å²) in [7, 11) is 4.89. The zero-order valence-corrected chi connectivity index (χ0v) is 41.3. The highest BCUT2D eigenvalue weighted by Gasteiger charge is 2.54. The summed E-state index contributed by atoms with van der Waals surface area (Å²) in [5.74, 6) is -4.46. The van der Waals surface area contributed by atoms with E-state index in [0.29, 0.717) is 38.6 Å². The molecule has 5 aliphatic heterocycles. The maximum absolute atomic E-state index is 14.4. The van der Waals surface area contributed by atoms with Crippen molar-refractivity contribution in [1.82, 2.24) is 9.80 Å². The highest BCUT2D eigenvalue weighted by molar-refractivity contribution is 5.85. The maximum Gasteiger partial charge on any atom is 0.311 e. The van der Waals surface area contributed by atoms with Gasteiger partial charge in [-0.05, 0) is 93.7 Å². The number of aliphatic hydroxyl groups excluding tert-OH is 3. The van der Waals surface area contributed by atoms with Gasteiger partial charge >= 0.3 is 5.97 Å². The molecule has 17 heteroatoms. The van der Waals surface area contributed by atoms with Crippen LogP contribution in [-0.4, -0.2) is 178 Å². The third-order valence-electron chi connectivity index (χ3n) is 15.9. The highest BCUT2D eigenvalue weighted by atomic mass is 16.7. The molecule has 374 valence electrons. The van der Waals surface area contributed by atoms with Gasteiger partial charge in [0.15, 0.2) is 12.6 Å². The van der Waals surface area contributed by atoms with Crippen LogP contribution in [0.25, 0.3) is 0 Å². The minimum absolute atomic E-state index is 0.0102. The molecule has 0 aromatic rings. The van der Waals surface area contributed by atoms with Crippen LogP contribution in [0.3, 0.4) is 0 Å². The number of nitrogens with zero attached hydrogens (tertiary/aromatic N) is 2. The number of hydrogen-bond acceptors (Lipinski definition) is 16. The molecule has 5 aliphatic rings. The number of carbonyl (C=O) groups is 4. The van der Waals surface area contributed by atoms with E-state index in [0.717, 1.165) is 12.8 Å².